The zero-order valence-electron chi connectivity index (χ0n) is 18.7. The highest BCUT2D eigenvalue weighted by molar-refractivity contribution is 8.18. The predicted molar refractivity (Wildman–Crippen MR) is 134 cm³/mol. The predicted octanol–water partition coefficient (Wildman–Crippen LogP) is 3.37. The number of methoxy groups -OCH3 is 1. The van der Waals surface area contributed by atoms with Gasteiger partial charge >= 0.3 is 5.97 Å². The van der Waals surface area contributed by atoms with E-state index in [1.807, 2.05) is 6.92 Å². The number of nitrogens with one attached hydrogen (secondary N) is 2. The van der Waals surface area contributed by atoms with Crippen molar-refractivity contribution in [3.63, 3.8) is 0 Å². The molecule has 1 heterocycles. The fourth-order valence-corrected chi connectivity index (χ4v) is 3.60. The molecule has 0 atom stereocenters. The Hall–Kier alpha value is -3.83. The first kappa shape index (κ1) is 25.8. The van der Waals surface area contributed by atoms with Crippen molar-refractivity contribution < 1.29 is 28.6 Å². The number of amidine groups is 1. The summed E-state index contributed by atoms with van der Waals surface area (Å²) in [6.45, 7) is 1.95. The van der Waals surface area contributed by atoms with Gasteiger partial charge in [-0.25, -0.2) is 4.79 Å². The minimum atomic E-state index is -0.639. The average Bonchev–Trinajstić information content (AvgIpc) is 3.18. The van der Waals surface area contributed by atoms with Gasteiger partial charge in [0.25, 0.3) is 11.8 Å². The van der Waals surface area contributed by atoms with Gasteiger partial charge in [0, 0.05) is 6.08 Å². The van der Waals surface area contributed by atoms with Gasteiger partial charge in [-0.1, -0.05) is 23.7 Å². The molecular formula is C23H21ClN4O6S. The minimum Gasteiger partial charge on any atom is -0.490 e. The number of benzene rings is 2. The molecule has 2 aromatic carbocycles. The number of rotatable bonds is 9. The Balaban J connectivity index is 1.63. The van der Waals surface area contributed by atoms with Crippen LogP contribution in [0.3, 0.4) is 0 Å². The van der Waals surface area contributed by atoms with E-state index >= 15 is 0 Å². The largest absolute Gasteiger partial charge is 0.490 e. The van der Waals surface area contributed by atoms with Gasteiger partial charge < -0.3 is 19.5 Å². The number of amides is 2. The number of hydrogen-bond acceptors (Lipinski definition) is 9. The Labute approximate surface area is 210 Å². The van der Waals surface area contributed by atoms with Gasteiger partial charge in [-0.05, 0) is 54.6 Å². The Morgan fingerprint density at radius 1 is 1.17 bits per heavy atom. The highest BCUT2D eigenvalue weighted by Gasteiger charge is 2.25. The second-order valence-corrected chi connectivity index (χ2v) is 8.13. The number of esters is 1. The normalized spacial score (nSPS) is 15.3. The molecule has 1 saturated heterocycles. The average molecular weight is 517 g/mol. The summed E-state index contributed by atoms with van der Waals surface area (Å²) in [6, 6.07) is 11.9. The van der Waals surface area contributed by atoms with Crippen LogP contribution in [0.15, 0.2) is 63.6 Å². The third-order valence-electron chi connectivity index (χ3n) is 4.23. The molecule has 1 aliphatic rings. The molecule has 1 aliphatic heterocycles. The molecule has 2 amide bonds. The van der Waals surface area contributed by atoms with Crippen molar-refractivity contribution in [2.24, 2.45) is 10.2 Å². The molecule has 10 nitrogen and oxygen atoms in total. The van der Waals surface area contributed by atoms with E-state index in [1.165, 1.54) is 13.3 Å². The molecule has 3 rings (SSSR count). The van der Waals surface area contributed by atoms with Crippen molar-refractivity contribution in [1.29, 1.82) is 0 Å². The van der Waals surface area contributed by atoms with E-state index in [0.717, 1.165) is 17.8 Å². The fraction of sp³-hybridized carbons (Fsp3) is 0.174. The van der Waals surface area contributed by atoms with Gasteiger partial charge in [0.15, 0.2) is 23.3 Å². The second kappa shape index (κ2) is 12.6. The van der Waals surface area contributed by atoms with Crippen molar-refractivity contribution in [2.75, 3.05) is 25.6 Å². The van der Waals surface area contributed by atoms with Crippen LogP contribution in [0.2, 0.25) is 5.02 Å². The number of nitrogens with zero attached hydrogens (tertiary/aromatic N) is 2. The summed E-state index contributed by atoms with van der Waals surface area (Å²) in [4.78, 5) is 35.5. The lowest BCUT2D eigenvalue weighted by Crippen LogP contribution is -2.20. The third-order valence-corrected chi connectivity index (χ3v) is 5.46. The lowest BCUT2D eigenvalue weighted by atomic mass is 10.2. The maximum atomic E-state index is 12.2. The smallest absolute Gasteiger partial charge is 0.331 e. The van der Waals surface area contributed by atoms with Gasteiger partial charge in [0.1, 0.15) is 0 Å². The Kier molecular flexibility index (Phi) is 9.27. The summed E-state index contributed by atoms with van der Waals surface area (Å²) in [5, 5.41) is 13.7. The second-order valence-electron chi connectivity index (χ2n) is 6.69. The molecule has 0 aromatic heterocycles. The van der Waals surface area contributed by atoms with Crippen LogP contribution in [0.4, 0.5) is 5.69 Å². The molecule has 2 N–H and O–H groups in total. The summed E-state index contributed by atoms with van der Waals surface area (Å²) < 4.78 is 15.7. The van der Waals surface area contributed by atoms with Gasteiger partial charge in [0.2, 0.25) is 0 Å². The molecule has 12 heteroatoms. The molecule has 1 fully saturated rings. The van der Waals surface area contributed by atoms with Crippen LogP contribution in [0, 0.1) is 0 Å². The van der Waals surface area contributed by atoms with E-state index < -0.39 is 11.9 Å². The van der Waals surface area contributed by atoms with E-state index in [9.17, 15) is 14.4 Å². The summed E-state index contributed by atoms with van der Waals surface area (Å²) in [5.41, 5.74) is 1.14. The maximum absolute atomic E-state index is 12.2. The number of carbonyl (C=O) groups is 3. The molecule has 2 aromatic rings. The summed E-state index contributed by atoms with van der Waals surface area (Å²) >= 11 is 7.02. The zero-order valence-corrected chi connectivity index (χ0v) is 20.3. The van der Waals surface area contributed by atoms with Crippen LogP contribution >= 0.6 is 23.4 Å². The molecule has 0 radical (unpaired) electrons. The lowest BCUT2D eigenvalue weighted by Gasteiger charge is -2.13. The molecule has 182 valence electrons. The number of halogens is 1. The molecule has 0 spiro atoms. The number of ether oxygens (including phenoxy) is 3. The van der Waals surface area contributed by atoms with Crippen LogP contribution in [0.5, 0.6) is 11.5 Å². The first-order chi connectivity index (χ1) is 16.9. The van der Waals surface area contributed by atoms with E-state index in [1.54, 1.807) is 42.5 Å². The molecule has 0 saturated carbocycles. The molecule has 0 bridgehead atoms. The molecular weight excluding hydrogens is 496 g/mol. The number of hydrogen-bond donors (Lipinski definition) is 2. The van der Waals surface area contributed by atoms with Crippen LogP contribution in [-0.2, 0) is 19.1 Å². The molecule has 0 unspecified atom stereocenters. The third kappa shape index (κ3) is 7.59. The Bertz CT molecular complexity index is 1210. The van der Waals surface area contributed by atoms with E-state index in [0.29, 0.717) is 34.4 Å². The van der Waals surface area contributed by atoms with Crippen molar-refractivity contribution in [3.8, 4) is 11.5 Å². The summed E-state index contributed by atoms with van der Waals surface area (Å²) in [5.74, 6) is -0.686. The van der Waals surface area contributed by atoms with E-state index in [-0.39, 0.29) is 22.6 Å². The van der Waals surface area contributed by atoms with E-state index in [2.05, 4.69) is 25.6 Å². The highest BCUT2D eigenvalue weighted by atomic mass is 35.5. The van der Waals surface area contributed by atoms with Crippen molar-refractivity contribution in [3.05, 3.63) is 64.0 Å². The quantitative estimate of drug-likeness (QED) is 0.226. The molecule has 0 aliphatic carbocycles. The highest BCUT2D eigenvalue weighted by Crippen LogP contribution is 2.28. The zero-order chi connectivity index (χ0) is 25.2. The van der Waals surface area contributed by atoms with Crippen LogP contribution in [0.1, 0.15) is 12.5 Å². The number of carbonyl (C=O) groups excluding carboxylic acids is 3. The van der Waals surface area contributed by atoms with Crippen molar-refractivity contribution >= 4 is 58.2 Å². The van der Waals surface area contributed by atoms with Gasteiger partial charge in [-0.15, -0.1) is 5.10 Å². The topological polar surface area (TPSA) is 128 Å². The molecule has 35 heavy (non-hydrogen) atoms. The fourth-order valence-electron chi connectivity index (χ4n) is 2.67. The minimum absolute atomic E-state index is 0.157. The maximum Gasteiger partial charge on any atom is 0.331 e. The Morgan fingerprint density at radius 3 is 2.71 bits per heavy atom. The number of thioether (sulfide) groups is 1. The lowest BCUT2D eigenvalue weighted by molar-refractivity contribution is -0.135. The standard InChI is InChI=1S/C23H21ClN4O6S/c1-3-33-18-10-14(12-25-28-23-27-22(31)19(35-23)11-21(30)32-2)8-9-17(18)34-13-20(29)26-16-7-5-4-6-15(16)24/h4-12H,3,13H2,1-2H3,(H,26,29)(H,27,28,31)/b19-11+,25-12?. The van der Waals surface area contributed by atoms with Crippen LogP contribution < -0.4 is 20.1 Å². The Morgan fingerprint density at radius 2 is 1.97 bits per heavy atom. The summed E-state index contributed by atoms with van der Waals surface area (Å²) in [7, 11) is 1.22. The number of para-hydroxylation sites is 1. The first-order valence-corrected chi connectivity index (χ1v) is 11.4. The van der Waals surface area contributed by atoms with Gasteiger partial charge in [-0.2, -0.15) is 5.10 Å². The van der Waals surface area contributed by atoms with Crippen molar-refractivity contribution in [1.82, 2.24) is 5.32 Å². The van der Waals surface area contributed by atoms with Gasteiger partial charge in [0.05, 0.1) is 35.5 Å². The van der Waals surface area contributed by atoms with Crippen LogP contribution in [0.25, 0.3) is 0 Å². The monoisotopic (exact) mass is 516 g/mol. The summed E-state index contributed by atoms with van der Waals surface area (Å²) in [6.07, 6.45) is 2.53. The number of anilines is 1. The van der Waals surface area contributed by atoms with Gasteiger partial charge in [-0.3, -0.25) is 14.9 Å². The SMILES string of the molecule is CCOc1cc(C=N/N=C2/NC(=O)/C(=C\C(=O)OC)S2)ccc1OCC(=O)Nc1ccccc1Cl. The van der Waals surface area contributed by atoms with E-state index in [4.69, 9.17) is 21.1 Å². The van der Waals surface area contributed by atoms with Crippen LogP contribution in [-0.4, -0.2) is 49.5 Å². The first-order valence-electron chi connectivity index (χ1n) is 10.2. The van der Waals surface area contributed by atoms with Crippen molar-refractivity contribution in [2.45, 2.75) is 6.92 Å².